The van der Waals surface area contributed by atoms with E-state index >= 15 is 0 Å². The summed E-state index contributed by atoms with van der Waals surface area (Å²) >= 11 is 0. The van der Waals surface area contributed by atoms with Gasteiger partial charge in [-0.3, -0.25) is 0 Å². The minimum absolute atomic E-state index is 0.159. The van der Waals surface area contributed by atoms with E-state index in [1.807, 2.05) is 0 Å². The zero-order valence-corrected chi connectivity index (χ0v) is 11.8. The van der Waals surface area contributed by atoms with Gasteiger partial charge in [-0.05, 0) is 38.6 Å². The number of sulfonamides is 1. The van der Waals surface area contributed by atoms with Gasteiger partial charge in [0.2, 0.25) is 10.0 Å². The zero-order chi connectivity index (χ0) is 14.7. The Hall–Kier alpha value is -0.340. The van der Waals surface area contributed by atoms with Crippen molar-refractivity contribution in [1.82, 2.24) is 4.31 Å². The molecule has 19 heavy (non-hydrogen) atoms. The topological polar surface area (TPSA) is 63.4 Å². The Labute approximate surface area is 112 Å². The number of halogens is 3. The first-order valence-corrected chi connectivity index (χ1v) is 8.13. The summed E-state index contributed by atoms with van der Waals surface area (Å²) in [5.74, 6) is -0.249. The van der Waals surface area contributed by atoms with E-state index in [2.05, 4.69) is 0 Å². The van der Waals surface area contributed by atoms with Gasteiger partial charge in [0.15, 0.2) is 0 Å². The highest BCUT2D eigenvalue weighted by atomic mass is 32.2. The molecule has 0 spiro atoms. The molecule has 0 aliphatic carbocycles. The Morgan fingerprint density at radius 2 is 1.95 bits per heavy atom. The van der Waals surface area contributed by atoms with Crippen LogP contribution in [-0.2, 0) is 10.0 Å². The van der Waals surface area contributed by atoms with Gasteiger partial charge in [0.05, 0.1) is 5.75 Å². The van der Waals surface area contributed by atoms with Gasteiger partial charge in [-0.25, -0.2) is 8.42 Å². The Bertz CT molecular complexity index is 382. The van der Waals surface area contributed by atoms with Gasteiger partial charge < -0.3 is 5.73 Å². The van der Waals surface area contributed by atoms with Crippen molar-refractivity contribution in [2.75, 3.05) is 12.3 Å². The van der Waals surface area contributed by atoms with E-state index in [0.717, 1.165) is 0 Å². The van der Waals surface area contributed by atoms with Crippen LogP contribution in [0.1, 0.15) is 39.0 Å². The molecule has 2 unspecified atom stereocenters. The fourth-order valence-corrected chi connectivity index (χ4v) is 4.62. The maximum atomic E-state index is 13.0. The highest BCUT2D eigenvalue weighted by molar-refractivity contribution is 7.89. The number of alkyl halides is 3. The lowest BCUT2D eigenvalue weighted by molar-refractivity contribution is -0.183. The summed E-state index contributed by atoms with van der Waals surface area (Å²) in [6.07, 6.45) is -3.27. The van der Waals surface area contributed by atoms with Gasteiger partial charge in [-0.15, -0.1) is 0 Å². The number of piperidine rings is 1. The number of nitrogens with zero attached hydrogens (tertiary/aromatic N) is 1. The molecule has 0 saturated carbocycles. The Morgan fingerprint density at radius 1 is 1.32 bits per heavy atom. The van der Waals surface area contributed by atoms with Crippen molar-refractivity contribution in [2.24, 2.45) is 5.73 Å². The fraction of sp³-hybridized carbons (Fsp3) is 1.00. The third kappa shape index (κ3) is 4.06. The quantitative estimate of drug-likeness (QED) is 0.843. The number of hydrogen-bond donors (Lipinski definition) is 1. The molecular formula is C11H21F3N2O2S. The van der Waals surface area contributed by atoms with E-state index in [0.29, 0.717) is 23.6 Å². The first kappa shape index (κ1) is 16.7. The van der Waals surface area contributed by atoms with Crippen molar-refractivity contribution >= 4 is 10.0 Å². The molecule has 1 aliphatic heterocycles. The van der Waals surface area contributed by atoms with Crippen LogP contribution in [0, 0.1) is 0 Å². The lowest BCUT2D eigenvalue weighted by atomic mass is 9.96. The Balaban J connectivity index is 3.10. The van der Waals surface area contributed by atoms with Gasteiger partial charge in [0.1, 0.15) is 6.04 Å². The minimum atomic E-state index is -4.52. The SMILES string of the molecule is CCCS(=O)(=O)N1C(CCN)CCCC1C(F)(F)F. The summed E-state index contributed by atoms with van der Waals surface area (Å²) in [4.78, 5) is 0. The summed E-state index contributed by atoms with van der Waals surface area (Å²) in [6.45, 7) is 1.83. The molecule has 1 heterocycles. The standard InChI is InChI=1S/C11H21F3N2O2S/c1-2-8-19(17,18)16-9(6-7-15)4-3-5-10(16)11(12,13)14/h9-10H,2-8,15H2,1H3. The second-order valence-electron chi connectivity index (χ2n) is 4.87. The van der Waals surface area contributed by atoms with Gasteiger partial charge >= 0.3 is 6.18 Å². The van der Waals surface area contributed by atoms with Gasteiger partial charge in [0, 0.05) is 6.04 Å². The van der Waals surface area contributed by atoms with Crippen LogP contribution >= 0.6 is 0 Å². The molecule has 1 fully saturated rings. The smallest absolute Gasteiger partial charge is 0.330 e. The number of rotatable bonds is 5. The van der Waals surface area contributed by atoms with Crippen LogP contribution < -0.4 is 5.73 Å². The van der Waals surface area contributed by atoms with Crippen molar-refractivity contribution in [1.29, 1.82) is 0 Å². The molecule has 0 aromatic carbocycles. The van der Waals surface area contributed by atoms with Gasteiger partial charge in [-0.1, -0.05) is 6.92 Å². The lowest BCUT2D eigenvalue weighted by Crippen LogP contribution is -2.56. The molecule has 0 aromatic rings. The van der Waals surface area contributed by atoms with Crippen LogP contribution in [-0.4, -0.2) is 43.3 Å². The highest BCUT2D eigenvalue weighted by Gasteiger charge is 2.51. The molecule has 0 amide bonds. The average molecular weight is 302 g/mol. The lowest BCUT2D eigenvalue weighted by Gasteiger charge is -2.41. The van der Waals surface area contributed by atoms with Crippen molar-refractivity contribution in [2.45, 2.75) is 57.3 Å². The number of hydrogen-bond acceptors (Lipinski definition) is 3. The predicted molar refractivity (Wildman–Crippen MR) is 67.1 cm³/mol. The predicted octanol–water partition coefficient (Wildman–Crippen LogP) is 1.86. The normalized spacial score (nSPS) is 26.6. The van der Waals surface area contributed by atoms with Crippen LogP contribution in [0.4, 0.5) is 13.2 Å². The molecule has 1 saturated heterocycles. The second-order valence-corrected chi connectivity index (χ2v) is 6.86. The summed E-state index contributed by atoms with van der Waals surface area (Å²) in [6, 6.07) is -2.52. The molecule has 4 nitrogen and oxygen atoms in total. The van der Waals surface area contributed by atoms with E-state index in [1.54, 1.807) is 6.92 Å². The van der Waals surface area contributed by atoms with Gasteiger partial charge in [0.25, 0.3) is 0 Å². The average Bonchev–Trinajstić information content (AvgIpc) is 2.27. The fourth-order valence-electron chi connectivity index (χ4n) is 2.61. The molecule has 0 aromatic heterocycles. The molecule has 2 atom stereocenters. The molecular weight excluding hydrogens is 281 g/mol. The van der Waals surface area contributed by atoms with Crippen LogP contribution in [0.3, 0.4) is 0 Å². The molecule has 0 bridgehead atoms. The van der Waals surface area contributed by atoms with E-state index in [4.69, 9.17) is 5.73 Å². The second kappa shape index (κ2) is 6.41. The minimum Gasteiger partial charge on any atom is -0.330 e. The molecule has 8 heteroatoms. The van der Waals surface area contributed by atoms with Crippen molar-refractivity contribution in [3.63, 3.8) is 0 Å². The third-order valence-electron chi connectivity index (χ3n) is 3.34. The van der Waals surface area contributed by atoms with Crippen molar-refractivity contribution in [3.8, 4) is 0 Å². The van der Waals surface area contributed by atoms with E-state index in [1.165, 1.54) is 0 Å². The number of nitrogens with two attached hydrogens (primary N) is 1. The van der Waals surface area contributed by atoms with Crippen molar-refractivity contribution < 1.29 is 21.6 Å². The van der Waals surface area contributed by atoms with Crippen LogP contribution in [0.2, 0.25) is 0 Å². The maximum absolute atomic E-state index is 13.0. The first-order valence-electron chi connectivity index (χ1n) is 6.52. The zero-order valence-electron chi connectivity index (χ0n) is 11.0. The summed E-state index contributed by atoms with van der Waals surface area (Å²) < 4.78 is 64.0. The van der Waals surface area contributed by atoms with Gasteiger partial charge in [-0.2, -0.15) is 17.5 Å². The summed E-state index contributed by atoms with van der Waals surface area (Å²) in [7, 11) is -3.88. The Morgan fingerprint density at radius 3 is 2.42 bits per heavy atom. The van der Waals surface area contributed by atoms with E-state index in [9.17, 15) is 21.6 Å². The molecule has 1 aliphatic rings. The van der Waals surface area contributed by atoms with Crippen molar-refractivity contribution in [3.05, 3.63) is 0 Å². The maximum Gasteiger partial charge on any atom is 0.405 e. The van der Waals surface area contributed by atoms with E-state index in [-0.39, 0.29) is 25.1 Å². The molecule has 114 valence electrons. The summed E-state index contributed by atoms with van der Waals surface area (Å²) in [5, 5.41) is 0. The molecule has 1 rings (SSSR count). The largest absolute Gasteiger partial charge is 0.405 e. The summed E-state index contributed by atoms with van der Waals surface area (Å²) in [5.41, 5.74) is 5.39. The highest BCUT2D eigenvalue weighted by Crippen LogP contribution is 2.37. The Kier molecular flexibility index (Phi) is 5.64. The monoisotopic (exact) mass is 302 g/mol. The van der Waals surface area contributed by atoms with Crippen LogP contribution in [0.5, 0.6) is 0 Å². The van der Waals surface area contributed by atoms with Crippen LogP contribution in [0.25, 0.3) is 0 Å². The molecule has 0 radical (unpaired) electrons. The van der Waals surface area contributed by atoms with Crippen LogP contribution in [0.15, 0.2) is 0 Å². The van der Waals surface area contributed by atoms with E-state index < -0.39 is 28.3 Å². The third-order valence-corrected chi connectivity index (χ3v) is 5.46. The first-order chi connectivity index (χ1) is 8.74. The molecule has 2 N–H and O–H groups in total.